The van der Waals surface area contributed by atoms with E-state index in [4.69, 9.17) is 21.6 Å². The number of alkyl carbamates (subject to hydrolysis) is 1. The third kappa shape index (κ3) is 6.98. The van der Waals surface area contributed by atoms with E-state index in [9.17, 15) is 18.0 Å². The maximum atomic E-state index is 12.7. The number of sulfone groups is 1. The Bertz CT molecular complexity index is 1150. The van der Waals surface area contributed by atoms with Crippen molar-refractivity contribution in [2.75, 3.05) is 11.6 Å². The molecular weight excluding hydrogens is 442 g/mol. The van der Waals surface area contributed by atoms with E-state index in [1.807, 2.05) is 6.07 Å². The summed E-state index contributed by atoms with van der Waals surface area (Å²) in [6.45, 7) is 5.52. The first kappa shape index (κ1) is 24.2. The second-order valence-electron chi connectivity index (χ2n) is 7.72. The van der Waals surface area contributed by atoms with Crippen LogP contribution in [0.4, 0.5) is 10.5 Å². The largest absolute Gasteiger partial charge is 0.444 e. The van der Waals surface area contributed by atoms with Crippen LogP contribution in [0.15, 0.2) is 41.3 Å². The lowest BCUT2D eigenvalue weighted by atomic mass is 10.1. The number of nitrogens with one attached hydrogen (secondary N) is 2. The number of anilines is 1. The average molecular weight is 464 g/mol. The van der Waals surface area contributed by atoms with E-state index in [0.29, 0.717) is 5.69 Å². The second kappa shape index (κ2) is 9.37. The second-order valence-corrected chi connectivity index (χ2v) is 10.1. The van der Waals surface area contributed by atoms with Gasteiger partial charge in [-0.05, 0) is 50.6 Å². The van der Waals surface area contributed by atoms with Gasteiger partial charge in [0.25, 0.3) is 5.91 Å². The molecule has 0 aliphatic heterocycles. The Hall–Kier alpha value is -3.09. The summed E-state index contributed by atoms with van der Waals surface area (Å²) in [5.41, 5.74) is 0.371. The van der Waals surface area contributed by atoms with Gasteiger partial charge in [-0.25, -0.2) is 13.2 Å². The van der Waals surface area contributed by atoms with Crippen molar-refractivity contribution >= 4 is 39.1 Å². The molecule has 0 saturated carbocycles. The molecule has 2 amide bonds. The SMILES string of the molecule is CC(C)(C)OC(=O)NCc1ccc(NC(=O)c2cc(C#N)c(Cl)cc2S(C)(=O)=O)cc1. The lowest BCUT2D eigenvalue weighted by molar-refractivity contribution is 0.0523. The first-order chi connectivity index (χ1) is 14.3. The minimum Gasteiger partial charge on any atom is -0.444 e. The number of carbonyl (C=O) groups excluding carboxylic acids is 2. The van der Waals surface area contributed by atoms with Crippen LogP contribution >= 0.6 is 11.6 Å². The summed E-state index contributed by atoms with van der Waals surface area (Å²) in [5.74, 6) is -0.701. The van der Waals surface area contributed by atoms with Crippen molar-refractivity contribution < 1.29 is 22.7 Å². The smallest absolute Gasteiger partial charge is 0.407 e. The van der Waals surface area contributed by atoms with E-state index in [2.05, 4.69) is 10.6 Å². The minimum absolute atomic E-state index is 0.0113. The number of nitrogens with zero attached hydrogens (tertiary/aromatic N) is 1. The van der Waals surface area contributed by atoms with Crippen LogP contribution in [-0.4, -0.2) is 32.3 Å². The number of amides is 2. The van der Waals surface area contributed by atoms with E-state index in [1.165, 1.54) is 0 Å². The molecule has 0 spiro atoms. The van der Waals surface area contributed by atoms with Crippen molar-refractivity contribution in [2.45, 2.75) is 37.8 Å². The molecule has 0 fully saturated rings. The quantitative estimate of drug-likeness (QED) is 0.692. The molecule has 0 bridgehead atoms. The molecule has 8 nitrogen and oxygen atoms in total. The summed E-state index contributed by atoms with van der Waals surface area (Å²) in [6, 6.07) is 10.6. The number of carbonyl (C=O) groups is 2. The third-order valence-corrected chi connectivity index (χ3v) is 5.33. The maximum Gasteiger partial charge on any atom is 0.407 e. The van der Waals surface area contributed by atoms with E-state index in [1.54, 1.807) is 45.0 Å². The molecule has 0 aromatic heterocycles. The zero-order chi connectivity index (χ0) is 23.4. The van der Waals surface area contributed by atoms with Gasteiger partial charge in [0.1, 0.15) is 11.7 Å². The molecule has 10 heteroatoms. The van der Waals surface area contributed by atoms with Gasteiger partial charge >= 0.3 is 6.09 Å². The first-order valence-electron chi connectivity index (χ1n) is 9.11. The number of nitriles is 1. The Kier molecular flexibility index (Phi) is 7.31. The summed E-state index contributed by atoms with van der Waals surface area (Å²) in [6.07, 6.45) is 0.405. The zero-order valence-electron chi connectivity index (χ0n) is 17.4. The molecule has 2 aromatic rings. The van der Waals surface area contributed by atoms with Crippen LogP contribution in [0, 0.1) is 11.3 Å². The molecule has 0 heterocycles. The van der Waals surface area contributed by atoms with Crippen molar-refractivity contribution in [1.29, 1.82) is 5.26 Å². The van der Waals surface area contributed by atoms with Gasteiger partial charge in [0, 0.05) is 18.5 Å². The Morgan fingerprint density at radius 1 is 1.16 bits per heavy atom. The van der Waals surface area contributed by atoms with Gasteiger partial charge < -0.3 is 15.4 Å². The summed E-state index contributed by atoms with van der Waals surface area (Å²) in [5, 5.41) is 14.3. The number of hydrogen-bond donors (Lipinski definition) is 2. The lowest BCUT2D eigenvalue weighted by Gasteiger charge is -2.19. The third-order valence-electron chi connectivity index (χ3n) is 3.88. The number of ether oxygens (including phenoxy) is 1. The average Bonchev–Trinajstić information content (AvgIpc) is 2.65. The Morgan fingerprint density at radius 3 is 2.29 bits per heavy atom. The summed E-state index contributed by atoms with van der Waals surface area (Å²) in [4.78, 5) is 24.1. The molecule has 2 aromatic carbocycles. The van der Waals surface area contributed by atoms with Gasteiger partial charge in [-0.1, -0.05) is 23.7 Å². The zero-order valence-corrected chi connectivity index (χ0v) is 19.0. The molecular formula is C21H22ClN3O5S. The molecule has 0 aliphatic carbocycles. The molecule has 0 aliphatic rings. The molecule has 0 unspecified atom stereocenters. The topological polar surface area (TPSA) is 125 Å². The van der Waals surface area contributed by atoms with Crippen LogP contribution in [0.25, 0.3) is 0 Å². The van der Waals surface area contributed by atoms with Crippen molar-refractivity contribution in [3.05, 3.63) is 58.1 Å². The van der Waals surface area contributed by atoms with E-state index >= 15 is 0 Å². The fourth-order valence-corrected chi connectivity index (χ4v) is 3.67. The van der Waals surface area contributed by atoms with Crippen molar-refractivity contribution in [3.63, 3.8) is 0 Å². The van der Waals surface area contributed by atoms with E-state index < -0.39 is 27.4 Å². The Labute approximate surface area is 186 Å². The highest BCUT2D eigenvalue weighted by Gasteiger charge is 2.22. The van der Waals surface area contributed by atoms with Crippen LogP contribution in [0.3, 0.4) is 0 Å². The van der Waals surface area contributed by atoms with Gasteiger partial charge in [-0.2, -0.15) is 5.26 Å². The highest BCUT2D eigenvalue weighted by molar-refractivity contribution is 7.90. The summed E-state index contributed by atoms with van der Waals surface area (Å²) < 4.78 is 29.3. The number of halogens is 1. The highest BCUT2D eigenvalue weighted by Crippen LogP contribution is 2.26. The van der Waals surface area contributed by atoms with Gasteiger partial charge in [0.15, 0.2) is 9.84 Å². The van der Waals surface area contributed by atoms with Crippen molar-refractivity contribution in [3.8, 4) is 6.07 Å². The summed E-state index contributed by atoms with van der Waals surface area (Å²) in [7, 11) is -3.76. The molecule has 2 rings (SSSR count). The Balaban J connectivity index is 2.15. The monoisotopic (exact) mass is 463 g/mol. The molecule has 2 N–H and O–H groups in total. The molecule has 164 valence electrons. The van der Waals surface area contributed by atoms with Crippen molar-refractivity contribution in [2.24, 2.45) is 0 Å². The van der Waals surface area contributed by atoms with Gasteiger partial charge in [0.05, 0.1) is 21.0 Å². The number of hydrogen-bond acceptors (Lipinski definition) is 6. The normalized spacial score (nSPS) is 11.4. The minimum atomic E-state index is -3.76. The Morgan fingerprint density at radius 2 is 1.77 bits per heavy atom. The van der Waals surface area contributed by atoms with Gasteiger partial charge in [-0.3, -0.25) is 4.79 Å². The van der Waals surface area contributed by atoms with Gasteiger partial charge in [-0.15, -0.1) is 0 Å². The first-order valence-corrected chi connectivity index (χ1v) is 11.4. The lowest BCUT2D eigenvalue weighted by Crippen LogP contribution is -2.32. The van der Waals surface area contributed by atoms with Crippen LogP contribution in [0.1, 0.15) is 42.3 Å². The van der Waals surface area contributed by atoms with E-state index in [0.717, 1.165) is 24.0 Å². The fourth-order valence-electron chi connectivity index (χ4n) is 2.52. The van der Waals surface area contributed by atoms with Crippen LogP contribution in [-0.2, 0) is 21.1 Å². The maximum absolute atomic E-state index is 12.7. The highest BCUT2D eigenvalue weighted by atomic mass is 35.5. The predicted octanol–water partition coefficient (Wildman–Crippen LogP) is 3.89. The van der Waals surface area contributed by atoms with Gasteiger partial charge in [0.2, 0.25) is 0 Å². The molecule has 0 saturated heterocycles. The van der Waals surface area contributed by atoms with Crippen LogP contribution in [0.5, 0.6) is 0 Å². The van der Waals surface area contributed by atoms with Crippen LogP contribution in [0.2, 0.25) is 5.02 Å². The fraction of sp³-hybridized carbons (Fsp3) is 0.286. The molecule has 0 atom stereocenters. The van der Waals surface area contributed by atoms with E-state index in [-0.39, 0.29) is 27.6 Å². The summed E-state index contributed by atoms with van der Waals surface area (Å²) >= 11 is 5.92. The van der Waals surface area contributed by atoms with Crippen molar-refractivity contribution in [1.82, 2.24) is 5.32 Å². The molecule has 31 heavy (non-hydrogen) atoms. The standard InChI is InChI=1S/C21H22ClN3O5S/c1-21(2,3)30-20(27)24-12-13-5-7-15(8-6-13)25-19(26)16-9-14(11-23)17(22)10-18(16)31(4,28)29/h5-10H,12H2,1-4H3,(H,24,27)(H,25,26). The van der Waals surface area contributed by atoms with Crippen LogP contribution < -0.4 is 10.6 Å². The predicted molar refractivity (Wildman–Crippen MR) is 117 cm³/mol. The molecule has 0 radical (unpaired) electrons. The number of rotatable bonds is 5. The number of benzene rings is 2.